The maximum Gasteiger partial charge on any atom is 0.305 e. The quantitative estimate of drug-likeness (QED) is 0.177. The van der Waals surface area contributed by atoms with E-state index in [0.29, 0.717) is 13.0 Å². The fourth-order valence-corrected chi connectivity index (χ4v) is 4.49. The molecule has 0 heterocycles. The summed E-state index contributed by atoms with van der Waals surface area (Å²) in [7, 11) is 0. The molecule has 0 aliphatic heterocycles. The van der Waals surface area contributed by atoms with Gasteiger partial charge in [-0.25, -0.2) is 0 Å². The number of benzene rings is 3. The molecule has 0 spiro atoms. The van der Waals surface area contributed by atoms with Crippen molar-refractivity contribution in [1.29, 1.82) is 0 Å². The number of ether oxygens (including phenoxy) is 1. The largest absolute Gasteiger partial charge is 0.466 e. The second kappa shape index (κ2) is 10.7. The van der Waals surface area contributed by atoms with Crippen molar-refractivity contribution in [1.82, 2.24) is 0 Å². The van der Waals surface area contributed by atoms with Crippen LogP contribution in [0.4, 0.5) is 0 Å². The lowest BCUT2D eigenvalue weighted by atomic mass is 9.79. The van der Waals surface area contributed by atoms with Crippen molar-refractivity contribution in [2.75, 3.05) is 6.61 Å². The first kappa shape index (κ1) is 25.3. The third-order valence-corrected chi connectivity index (χ3v) is 6.89. The summed E-state index contributed by atoms with van der Waals surface area (Å²) in [5.74, 6) is -0.0538. The van der Waals surface area contributed by atoms with E-state index in [1.807, 2.05) is 0 Å². The van der Waals surface area contributed by atoms with Crippen LogP contribution < -0.4 is 0 Å². The summed E-state index contributed by atoms with van der Waals surface area (Å²) in [6.45, 7) is 14.1. The number of carbonyl (C=O) groups is 1. The Morgan fingerprint density at radius 2 is 1.33 bits per heavy atom. The van der Waals surface area contributed by atoms with Gasteiger partial charge in [0.05, 0.1) is 6.61 Å². The molecule has 0 bridgehead atoms. The van der Waals surface area contributed by atoms with Crippen LogP contribution in [0.25, 0.3) is 21.5 Å². The Morgan fingerprint density at radius 3 is 1.97 bits per heavy atom. The van der Waals surface area contributed by atoms with Crippen molar-refractivity contribution in [3.8, 4) is 0 Å². The molecular weight excluding hydrogens is 404 g/mol. The zero-order valence-corrected chi connectivity index (χ0v) is 21.6. The predicted molar refractivity (Wildman–Crippen MR) is 142 cm³/mol. The van der Waals surface area contributed by atoms with Crippen LogP contribution in [0, 0.1) is 0 Å². The number of rotatable bonds is 10. The summed E-state index contributed by atoms with van der Waals surface area (Å²) in [5, 5.41) is 5.14. The zero-order valence-electron chi connectivity index (χ0n) is 21.6. The maximum atomic E-state index is 12.1. The zero-order chi connectivity index (χ0) is 24.1. The van der Waals surface area contributed by atoms with Gasteiger partial charge in [0.15, 0.2) is 0 Å². The van der Waals surface area contributed by atoms with E-state index in [2.05, 4.69) is 90.1 Å². The third kappa shape index (κ3) is 6.82. The highest BCUT2D eigenvalue weighted by molar-refractivity contribution is 5.98. The molecule has 2 heteroatoms. The standard InChI is InChI=1S/C31H42O2/c1-7-8-9-10-18-33-29(32)12-11-17-31(5,6)28-16-14-24-19-23-13-15-27(30(2,3)4)21-25(23)20-26(24)22-28/h13-16,19-22H,7-12,17-18H2,1-6H3. The van der Waals surface area contributed by atoms with Crippen molar-refractivity contribution >= 4 is 27.5 Å². The highest BCUT2D eigenvalue weighted by Gasteiger charge is 2.21. The molecule has 0 amide bonds. The van der Waals surface area contributed by atoms with E-state index >= 15 is 0 Å². The average Bonchev–Trinajstić information content (AvgIpc) is 2.76. The summed E-state index contributed by atoms with van der Waals surface area (Å²) in [5.41, 5.74) is 2.85. The van der Waals surface area contributed by atoms with Gasteiger partial charge in [-0.1, -0.05) is 97.2 Å². The Labute approximate surface area is 200 Å². The normalized spacial score (nSPS) is 12.4. The average molecular weight is 447 g/mol. The van der Waals surface area contributed by atoms with Gasteiger partial charge in [0, 0.05) is 6.42 Å². The van der Waals surface area contributed by atoms with E-state index in [1.54, 1.807) is 0 Å². The van der Waals surface area contributed by atoms with Crippen molar-refractivity contribution < 1.29 is 9.53 Å². The molecule has 2 nitrogen and oxygen atoms in total. The molecule has 33 heavy (non-hydrogen) atoms. The van der Waals surface area contributed by atoms with E-state index < -0.39 is 0 Å². The van der Waals surface area contributed by atoms with E-state index in [4.69, 9.17) is 4.74 Å². The Morgan fingerprint density at radius 1 is 0.727 bits per heavy atom. The minimum Gasteiger partial charge on any atom is -0.466 e. The molecule has 0 fully saturated rings. The van der Waals surface area contributed by atoms with E-state index in [1.165, 1.54) is 45.5 Å². The predicted octanol–water partition coefficient (Wildman–Crippen LogP) is 8.86. The van der Waals surface area contributed by atoms with Gasteiger partial charge in [0.1, 0.15) is 0 Å². The van der Waals surface area contributed by atoms with Crippen LogP contribution in [0.5, 0.6) is 0 Å². The summed E-state index contributed by atoms with van der Waals surface area (Å²) in [6.07, 6.45) is 6.86. The molecular formula is C31H42O2. The molecule has 0 aromatic heterocycles. The highest BCUT2D eigenvalue weighted by Crippen LogP contribution is 2.34. The first-order valence-corrected chi connectivity index (χ1v) is 12.7. The van der Waals surface area contributed by atoms with Crippen LogP contribution in [0.15, 0.2) is 48.5 Å². The van der Waals surface area contributed by atoms with Crippen LogP contribution >= 0.6 is 0 Å². The van der Waals surface area contributed by atoms with Crippen LogP contribution in [0.1, 0.15) is 97.6 Å². The van der Waals surface area contributed by atoms with Gasteiger partial charge in [-0.2, -0.15) is 0 Å². The minimum absolute atomic E-state index is 0.0117. The van der Waals surface area contributed by atoms with Gasteiger partial charge < -0.3 is 4.74 Å². The van der Waals surface area contributed by atoms with Crippen LogP contribution in [0.3, 0.4) is 0 Å². The van der Waals surface area contributed by atoms with Gasteiger partial charge in [-0.15, -0.1) is 0 Å². The lowest BCUT2D eigenvalue weighted by Crippen LogP contribution is -2.18. The van der Waals surface area contributed by atoms with Crippen molar-refractivity contribution in [2.45, 2.75) is 97.3 Å². The van der Waals surface area contributed by atoms with Crippen molar-refractivity contribution in [2.24, 2.45) is 0 Å². The number of carbonyl (C=O) groups excluding carboxylic acids is 1. The molecule has 0 N–H and O–H groups in total. The summed E-state index contributed by atoms with van der Waals surface area (Å²) >= 11 is 0. The number of fused-ring (bicyclic) bond motifs is 2. The summed E-state index contributed by atoms with van der Waals surface area (Å²) < 4.78 is 5.40. The summed E-state index contributed by atoms with van der Waals surface area (Å²) in [6, 6.07) is 18.3. The van der Waals surface area contributed by atoms with Gasteiger partial charge in [0.2, 0.25) is 0 Å². The fourth-order valence-electron chi connectivity index (χ4n) is 4.49. The Bertz CT molecular complexity index is 1090. The number of esters is 1. The molecule has 3 aromatic carbocycles. The van der Waals surface area contributed by atoms with E-state index in [9.17, 15) is 4.79 Å². The third-order valence-electron chi connectivity index (χ3n) is 6.89. The van der Waals surface area contributed by atoms with E-state index in [0.717, 1.165) is 25.7 Å². The highest BCUT2D eigenvalue weighted by atomic mass is 16.5. The maximum absolute atomic E-state index is 12.1. The molecule has 0 atom stereocenters. The van der Waals surface area contributed by atoms with Crippen molar-refractivity contribution in [3.63, 3.8) is 0 Å². The first-order valence-electron chi connectivity index (χ1n) is 12.7. The molecule has 0 saturated heterocycles. The van der Waals surface area contributed by atoms with Gasteiger partial charge >= 0.3 is 5.97 Å². The molecule has 178 valence electrons. The SMILES string of the molecule is CCCCCCOC(=O)CCCC(C)(C)c1ccc2cc3ccc(C(C)(C)C)cc3cc2c1. The summed E-state index contributed by atoms with van der Waals surface area (Å²) in [4.78, 5) is 12.1. The molecule has 3 rings (SSSR count). The molecule has 0 unspecified atom stereocenters. The molecule has 0 radical (unpaired) electrons. The number of hydrogen-bond donors (Lipinski definition) is 0. The molecule has 0 aliphatic rings. The second-order valence-corrected chi connectivity index (χ2v) is 11.2. The Kier molecular flexibility index (Phi) is 8.21. The molecule has 3 aromatic rings. The van der Waals surface area contributed by atoms with Crippen molar-refractivity contribution in [3.05, 3.63) is 59.7 Å². The number of unbranched alkanes of at least 4 members (excludes halogenated alkanes) is 3. The number of hydrogen-bond acceptors (Lipinski definition) is 2. The van der Waals surface area contributed by atoms with E-state index in [-0.39, 0.29) is 16.8 Å². The van der Waals surface area contributed by atoms with Gasteiger partial charge in [0.25, 0.3) is 0 Å². The topological polar surface area (TPSA) is 26.3 Å². The lowest BCUT2D eigenvalue weighted by Gasteiger charge is -2.26. The monoisotopic (exact) mass is 446 g/mol. The van der Waals surface area contributed by atoms with Crippen LogP contribution in [0.2, 0.25) is 0 Å². The van der Waals surface area contributed by atoms with Gasteiger partial charge in [-0.3, -0.25) is 4.79 Å². The second-order valence-electron chi connectivity index (χ2n) is 11.2. The smallest absolute Gasteiger partial charge is 0.305 e. The Balaban J connectivity index is 1.67. The van der Waals surface area contributed by atoms with Gasteiger partial charge in [-0.05, 0) is 74.9 Å². The molecule has 0 aliphatic carbocycles. The Hall–Kier alpha value is -2.35. The van der Waals surface area contributed by atoms with Crippen LogP contribution in [-0.4, -0.2) is 12.6 Å². The molecule has 0 saturated carbocycles. The first-order chi connectivity index (χ1) is 15.6. The van der Waals surface area contributed by atoms with Crippen LogP contribution in [-0.2, 0) is 20.4 Å². The fraction of sp³-hybridized carbons (Fsp3) is 0.516. The lowest BCUT2D eigenvalue weighted by molar-refractivity contribution is -0.143. The minimum atomic E-state index is -0.0538.